The molecule has 0 spiro atoms. The van der Waals surface area contributed by atoms with Crippen LogP contribution in [0.2, 0.25) is 0 Å². The Balaban J connectivity index is 1.85. The number of esters is 1. The summed E-state index contributed by atoms with van der Waals surface area (Å²) in [5.74, 6) is -0.687. The molecule has 0 radical (unpaired) electrons. The van der Waals surface area contributed by atoms with Crippen LogP contribution in [0.4, 0.5) is 0 Å². The van der Waals surface area contributed by atoms with E-state index in [-0.39, 0.29) is 25.1 Å². The van der Waals surface area contributed by atoms with Crippen molar-refractivity contribution in [3.05, 3.63) is 22.1 Å². The number of carbonyl (C=O) groups is 1. The maximum absolute atomic E-state index is 12.3. The van der Waals surface area contributed by atoms with Crippen molar-refractivity contribution in [3.63, 3.8) is 0 Å². The standard InChI is InChI=1S/C16H25NO7/c1-4-11(2)21-8-6-17-5-7-20-9-13(17)15(18)22-10-14-12(3)23-16(19)24-14/h11,13H,4-10H2,1-3H3/t11?,13-/m1/s1. The van der Waals surface area contributed by atoms with E-state index in [2.05, 4.69) is 6.92 Å². The Morgan fingerprint density at radius 2 is 2.21 bits per heavy atom. The fraction of sp³-hybridized carbons (Fsp3) is 0.750. The number of nitrogens with zero attached hydrogens (tertiary/aromatic N) is 1. The molecule has 0 aliphatic carbocycles. The van der Waals surface area contributed by atoms with Crippen LogP contribution >= 0.6 is 0 Å². The molecular weight excluding hydrogens is 318 g/mol. The molecule has 0 bridgehead atoms. The molecule has 0 aromatic carbocycles. The average molecular weight is 343 g/mol. The smallest absolute Gasteiger partial charge is 0.456 e. The molecular formula is C16H25NO7. The lowest BCUT2D eigenvalue weighted by Crippen LogP contribution is -2.51. The van der Waals surface area contributed by atoms with E-state index in [0.717, 1.165) is 6.42 Å². The largest absolute Gasteiger partial charge is 0.519 e. The summed E-state index contributed by atoms with van der Waals surface area (Å²) >= 11 is 0. The van der Waals surface area contributed by atoms with Crippen molar-refractivity contribution in [1.82, 2.24) is 4.90 Å². The second-order valence-electron chi connectivity index (χ2n) is 5.76. The number of morpholine rings is 1. The third-order valence-corrected chi connectivity index (χ3v) is 4.05. The van der Waals surface area contributed by atoms with Crippen LogP contribution in [0, 0.1) is 6.92 Å². The molecule has 24 heavy (non-hydrogen) atoms. The number of ether oxygens (including phenoxy) is 3. The molecule has 1 aromatic heterocycles. The van der Waals surface area contributed by atoms with Gasteiger partial charge in [-0.1, -0.05) is 6.92 Å². The first-order valence-corrected chi connectivity index (χ1v) is 8.20. The SMILES string of the molecule is CCC(C)OCCN1CCOC[C@@H]1C(=O)OCc1oc(=O)oc1C. The topological polar surface area (TPSA) is 91.4 Å². The zero-order valence-corrected chi connectivity index (χ0v) is 14.4. The lowest BCUT2D eigenvalue weighted by molar-refractivity contribution is -0.158. The van der Waals surface area contributed by atoms with E-state index in [0.29, 0.717) is 32.1 Å². The van der Waals surface area contributed by atoms with Crippen LogP contribution in [-0.4, -0.2) is 55.9 Å². The minimum Gasteiger partial charge on any atom is -0.456 e. The lowest BCUT2D eigenvalue weighted by atomic mass is 10.2. The van der Waals surface area contributed by atoms with E-state index < -0.39 is 17.8 Å². The molecule has 2 heterocycles. The summed E-state index contributed by atoms with van der Waals surface area (Å²) in [5, 5.41) is 0. The quantitative estimate of drug-likeness (QED) is 0.648. The van der Waals surface area contributed by atoms with Crippen LogP contribution in [0.1, 0.15) is 31.8 Å². The highest BCUT2D eigenvalue weighted by Crippen LogP contribution is 2.12. The minimum absolute atomic E-state index is 0.135. The number of aryl methyl sites for hydroxylation is 1. The molecule has 1 unspecified atom stereocenters. The molecule has 136 valence electrons. The summed E-state index contributed by atoms with van der Waals surface area (Å²) in [6, 6.07) is -0.488. The van der Waals surface area contributed by atoms with Gasteiger partial charge < -0.3 is 23.0 Å². The van der Waals surface area contributed by atoms with Crippen LogP contribution in [0.15, 0.2) is 13.6 Å². The van der Waals surface area contributed by atoms with Gasteiger partial charge in [0.25, 0.3) is 0 Å². The first-order valence-electron chi connectivity index (χ1n) is 8.20. The average Bonchev–Trinajstić information content (AvgIpc) is 2.90. The van der Waals surface area contributed by atoms with Gasteiger partial charge in [-0.25, -0.2) is 4.79 Å². The number of hydrogen-bond acceptors (Lipinski definition) is 8. The van der Waals surface area contributed by atoms with E-state index >= 15 is 0 Å². The van der Waals surface area contributed by atoms with Crippen LogP contribution in [-0.2, 0) is 25.6 Å². The van der Waals surface area contributed by atoms with E-state index in [4.69, 9.17) is 23.0 Å². The third-order valence-electron chi connectivity index (χ3n) is 4.05. The summed E-state index contributed by atoms with van der Waals surface area (Å²) in [6.07, 6.45) is 1.15. The van der Waals surface area contributed by atoms with Gasteiger partial charge in [0.1, 0.15) is 6.04 Å². The van der Waals surface area contributed by atoms with Crippen molar-refractivity contribution in [3.8, 4) is 0 Å². The second kappa shape index (κ2) is 9.00. The molecule has 1 aliphatic rings. The van der Waals surface area contributed by atoms with Crippen LogP contribution < -0.4 is 5.82 Å². The number of rotatable bonds is 8. The summed E-state index contributed by atoms with van der Waals surface area (Å²) in [6.45, 7) is 8.20. The number of carbonyl (C=O) groups excluding carboxylic acids is 1. The summed E-state index contributed by atoms with van der Waals surface area (Å²) in [4.78, 5) is 25.3. The summed E-state index contributed by atoms with van der Waals surface area (Å²) in [7, 11) is 0. The van der Waals surface area contributed by atoms with Crippen molar-refractivity contribution < 1.29 is 27.8 Å². The zero-order chi connectivity index (χ0) is 17.5. The fourth-order valence-electron chi connectivity index (χ4n) is 2.35. The zero-order valence-electron chi connectivity index (χ0n) is 14.4. The van der Waals surface area contributed by atoms with Gasteiger partial charge in [0, 0.05) is 13.1 Å². The predicted octanol–water partition coefficient (Wildman–Crippen LogP) is 1.10. The van der Waals surface area contributed by atoms with E-state index in [1.807, 2.05) is 11.8 Å². The van der Waals surface area contributed by atoms with Crippen molar-refractivity contribution >= 4 is 5.97 Å². The Morgan fingerprint density at radius 3 is 2.88 bits per heavy atom. The molecule has 1 aromatic rings. The van der Waals surface area contributed by atoms with Crippen molar-refractivity contribution in [2.45, 2.75) is 45.9 Å². The molecule has 1 saturated heterocycles. The highest BCUT2D eigenvalue weighted by Gasteiger charge is 2.31. The van der Waals surface area contributed by atoms with Gasteiger partial charge in [-0.3, -0.25) is 9.69 Å². The Kier molecular flexibility index (Phi) is 7.01. The van der Waals surface area contributed by atoms with Gasteiger partial charge in [0.2, 0.25) is 0 Å². The minimum atomic E-state index is -0.802. The third kappa shape index (κ3) is 5.19. The Bertz CT molecular complexity index is 579. The van der Waals surface area contributed by atoms with Crippen LogP contribution in [0.25, 0.3) is 0 Å². The molecule has 8 nitrogen and oxygen atoms in total. The Hall–Kier alpha value is -1.64. The van der Waals surface area contributed by atoms with E-state index in [1.54, 1.807) is 6.92 Å². The van der Waals surface area contributed by atoms with Gasteiger partial charge in [0.15, 0.2) is 18.1 Å². The van der Waals surface area contributed by atoms with Gasteiger partial charge in [-0.15, -0.1) is 0 Å². The monoisotopic (exact) mass is 343 g/mol. The van der Waals surface area contributed by atoms with Gasteiger partial charge in [-0.05, 0) is 20.3 Å². The molecule has 1 fully saturated rings. The number of hydrogen-bond donors (Lipinski definition) is 0. The molecule has 0 amide bonds. The maximum atomic E-state index is 12.3. The normalized spacial score (nSPS) is 20.0. The van der Waals surface area contributed by atoms with Crippen LogP contribution in [0.3, 0.4) is 0 Å². The van der Waals surface area contributed by atoms with E-state index in [9.17, 15) is 9.59 Å². The summed E-state index contributed by atoms with van der Waals surface area (Å²) in [5.41, 5.74) is 0. The second-order valence-corrected chi connectivity index (χ2v) is 5.76. The molecule has 0 N–H and O–H groups in total. The summed E-state index contributed by atoms with van der Waals surface area (Å²) < 4.78 is 25.9. The maximum Gasteiger partial charge on any atom is 0.519 e. The van der Waals surface area contributed by atoms with Crippen molar-refractivity contribution in [2.75, 3.05) is 32.9 Å². The Labute approximate surface area is 140 Å². The first kappa shape index (κ1) is 18.7. The highest BCUT2D eigenvalue weighted by atomic mass is 16.6. The highest BCUT2D eigenvalue weighted by molar-refractivity contribution is 5.76. The predicted molar refractivity (Wildman–Crippen MR) is 83.7 cm³/mol. The van der Waals surface area contributed by atoms with Crippen molar-refractivity contribution in [2.24, 2.45) is 0 Å². The first-order chi connectivity index (χ1) is 11.5. The van der Waals surface area contributed by atoms with Crippen LogP contribution in [0.5, 0.6) is 0 Å². The van der Waals surface area contributed by atoms with Gasteiger partial charge in [0.05, 0.1) is 25.9 Å². The Morgan fingerprint density at radius 1 is 1.42 bits per heavy atom. The molecule has 2 rings (SSSR count). The molecule has 8 heteroatoms. The molecule has 1 aliphatic heterocycles. The molecule has 2 atom stereocenters. The van der Waals surface area contributed by atoms with Crippen molar-refractivity contribution in [1.29, 1.82) is 0 Å². The van der Waals surface area contributed by atoms with E-state index in [1.165, 1.54) is 0 Å². The van der Waals surface area contributed by atoms with Gasteiger partial charge >= 0.3 is 11.8 Å². The fourth-order valence-corrected chi connectivity index (χ4v) is 2.35. The molecule has 0 saturated carbocycles. The van der Waals surface area contributed by atoms with Gasteiger partial charge in [-0.2, -0.15) is 0 Å². The lowest BCUT2D eigenvalue weighted by Gasteiger charge is -2.33.